The number of nitrogens with one attached hydrogen (secondary N) is 1. The highest BCUT2D eigenvalue weighted by Crippen LogP contribution is 2.22. The fraction of sp³-hybridized carbons (Fsp3) is 0.286. The molecule has 0 saturated heterocycles. The zero-order valence-electron chi connectivity index (χ0n) is 10.1. The Bertz CT molecular complexity index is 499. The molecule has 0 aliphatic rings. The van der Waals surface area contributed by atoms with Crippen molar-refractivity contribution in [3.63, 3.8) is 0 Å². The lowest BCUT2D eigenvalue weighted by Crippen LogP contribution is -2.19. The maximum Gasteiger partial charge on any atom is 0.141 e. The molecule has 96 valence electrons. The molecule has 1 aromatic carbocycles. The van der Waals surface area contributed by atoms with Gasteiger partial charge in [0.25, 0.3) is 0 Å². The molecule has 1 aromatic heterocycles. The quantitative estimate of drug-likeness (QED) is 0.832. The molecule has 0 bridgehead atoms. The SMILES string of the molecule is CCC(NCc1ccc(F)c(Cl)c1)c1cccs1. The minimum absolute atomic E-state index is 0.179. The van der Waals surface area contributed by atoms with Crippen LogP contribution < -0.4 is 5.32 Å². The Morgan fingerprint density at radius 3 is 2.83 bits per heavy atom. The van der Waals surface area contributed by atoms with Crippen molar-refractivity contribution >= 4 is 22.9 Å². The molecule has 1 N–H and O–H groups in total. The third-order valence-electron chi connectivity index (χ3n) is 2.83. The molecule has 1 nitrogen and oxygen atoms in total. The van der Waals surface area contributed by atoms with Crippen molar-refractivity contribution in [2.45, 2.75) is 25.9 Å². The van der Waals surface area contributed by atoms with Crippen LogP contribution in [0.2, 0.25) is 5.02 Å². The minimum Gasteiger partial charge on any atom is -0.305 e. The van der Waals surface area contributed by atoms with Gasteiger partial charge < -0.3 is 5.32 Å². The van der Waals surface area contributed by atoms with Crippen LogP contribution in [0.15, 0.2) is 35.7 Å². The predicted molar refractivity (Wildman–Crippen MR) is 75.6 cm³/mol. The van der Waals surface area contributed by atoms with Crippen LogP contribution in [0.5, 0.6) is 0 Å². The van der Waals surface area contributed by atoms with E-state index in [2.05, 4.69) is 29.8 Å². The molecular formula is C14H15ClFNS. The van der Waals surface area contributed by atoms with Crippen LogP contribution in [0.25, 0.3) is 0 Å². The Labute approximate surface area is 116 Å². The third kappa shape index (κ3) is 3.31. The molecule has 2 rings (SSSR count). The summed E-state index contributed by atoms with van der Waals surface area (Å²) in [6, 6.07) is 9.36. The second-order valence-corrected chi connectivity index (χ2v) is 5.49. The van der Waals surface area contributed by atoms with Gasteiger partial charge in [-0.1, -0.05) is 30.7 Å². The zero-order chi connectivity index (χ0) is 13.0. The number of thiophene rings is 1. The smallest absolute Gasteiger partial charge is 0.141 e. The van der Waals surface area contributed by atoms with E-state index in [0.717, 1.165) is 12.0 Å². The van der Waals surface area contributed by atoms with Gasteiger partial charge in [-0.25, -0.2) is 4.39 Å². The van der Waals surface area contributed by atoms with Crippen LogP contribution in [0.4, 0.5) is 4.39 Å². The Hall–Kier alpha value is -0.900. The first-order valence-electron chi connectivity index (χ1n) is 5.91. The maximum atomic E-state index is 13.0. The second kappa shape index (κ2) is 6.32. The highest BCUT2D eigenvalue weighted by Gasteiger charge is 2.09. The van der Waals surface area contributed by atoms with Crippen molar-refractivity contribution < 1.29 is 4.39 Å². The number of hydrogen-bond donors (Lipinski definition) is 1. The van der Waals surface area contributed by atoms with Gasteiger partial charge in [-0.05, 0) is 35.6 Å². The summed E-state index contributed by atoms with van der Waals surface area (Å²) < 4.78 is 13.0. The lowest BCUT2D eigenvalue weighted by molar-refractivity contribution is 0.526. The first-order chi connectivity index (χ1) is 8.70. The monoisotopic (exact) mass is 283 g/mol. The molecule has 0 amide bonds. The molecule has 1 unspecified atom stereocenters. The van der Waals surface area contributed by atoms with Crippen LogP contribution in [0.3, 0.4) is 0 Å². The summed E-state index contributed by atoms with van der Waals surface area (Å²) in [5.41, 5.74) is 0.997. The van der Waals surface area contributed by atoms with Gasteiger partial charge in [0.1, 0.15) is 5.82 Å². The number of hydrogen-bond acceptors (Lipinski definition) is 2. The summed E-state index contributed by atoms with van der Waals surface area (Å²) in [5.74, 6) is -0.370. The molecular weight excluding hydrogens is 269 g/mol. The number of rotatable bonds is 5. The van der Waals surface area contributed by atoms with E-state index in [4.69, 9.17) is 11.6 Å². The van der Waals surface area contributed by atoms with Crippen LogP contribution in [0.1, 0.15) is 29.8 Å². The van der Waals surface area contributed by atoms with E-state index in [1.54, 1.807) is 23.5 Å². The summed E-state index contributed by atoms with van der Waals surface area (Å²) in [7, 11) is 0. The maximum absolute atomic E-state index is 13.0. The second-order valence-electron chi connectivity index (χ2n) is 4.11. The summed E-state index contributed by atoms with van der Waals surface area (Å²) in [6.07, 6.45) is 1.02. The van der Waals surface area contributed by atoms with Gasteiger partial charge >= 0.3 is 0 Å². The van der Waals surface area contributed by atoms with Crippen molar-refractivity contribution in [1.82, 2.24) is 5.32 Å². The van der Waals surface area contributed by atoms with Gasteiger partial charge in [-0.2, -0.15) is 0 Å². The van der Waals surface area contributed by atoms with Crippen molar-refractivity contribution in [3.8, 4) is 0 Å². The van der Waals surface area contributed by atoms with Crippen molar-refractivity contribution in [3.05, 3.63) is 57.0 Å². The normalized spacial score (nSPS) is 12.6. The molecule has 0 saturated carbocycles. The number of halogens is 2. The van der Waals surface area contributed by atoms with E-state index in [9.17, 15) is 4.39 Å². The fourth-order valence-electron chi connectivity index (χ4n) is 1.83. The zero-order valence-corrected chi connectivity index (χ0v) is 11.7. The predicted octanol–water partition coefficient (Wildman–Crippen LogP) is 4.78. The molecule has 0 aliphatic heterocycles. The molecule has 1 heterocycles. The van der Waals surface area contributed by atoms with Crippen LogP contribution >= 0.6 is 22.9 Å². The molecule has 0 aliphatic carbocycles. The fourth-order valence-corrected chi connectivity index (χ4v) is 2.92. The van der Waals surface area contributed by atoms with Gasteiger partial charge in [-0.15, -0.1) is 11.3 Å². The van der Waals surface area contributed by atoms with Gasteiger partial charge in [0.2, 0.25) is 0 Å². The minimum atomic E-state index is -0.370. The number of benzene rings is 1. The van der Waals surface area contributed by atoms with E-state index in [0.29, 0.717) is 12.6 Å². The van der Waals surface area contributed by atoms with E-state index < -0.39 is 0 Å². The largest absolute Gasteiger partial charge is 0.305 e. The highest BCUT2D eigenvalue weighted by atomic mass is 35.5. The highest BCUT2D eigenvalue weighted by molar-refractivity contribution is 7.10. The van der Waals surface area contributed by atoms with Crippen molar-refractivity contribution in [2.24, 2.45) is 0 Å². The van der Waals surface area contributed by atoms with E-state index in [1.165, 1.54) is 10.9 Å². The van der Waals surface area contributed by atoms with Gasteiger partial charge in [0.05, 0.1) is 5.02 Å². The third-order valence-corrected chi connectivity index (χ3v) is 4.11. The molecule has 2 aromatic rings. The first kappa shape index (κ1) is 13.5. The average molecular weight is 284 g/mol. The van der Waals surface area contributed by atoms with Crippen LogP contribution in [-0.2, 0) is 6.54 Å². The molecule has 4 heteroatoms. The van der Waals surface area contributed by atoms with Crippen LogP contribution in [0, 0.1) is 5.82 Å². The van der Waals surface area contributed by atoms with Gasteiger partial charge in [0.15, 0.2) is 0 Å². The molecule has 0 fully saturated rings. The van der Waals surface area contributed by atoms with Crippen molar-refractivity contribution in [2.75, 3.05) is 0 Å². The summed E-state index contributed by atoms with van der Waals surface area (Å²) >= 11 is 7.51. The molecule has 0 radical (unpaired) electrons. The van der Waals surface area contributed by atoms with Crippen molar-refractivity contribution in [1.29, 1.82) is 0 Å². The van der Waals surface area contributed by atoms with Gasteiger partial charge in [-0.3, -0.25) is 0 Å². The Balaban J connectivity index is 1.99. The molecule has 1 atom stereocenters. The van der Waals surface area contributed by atoms with E-state index in [1.807, 2.05) is 0 Å². The van der Waals surface area contributed by atoms with Gasteiger partial charge in [0, 0.05) is 17.5 Å². The first-order valence-corrected chi connectivity index (χ1v) is 7.17. The molecule has 0 spiro atoms. The Morgan fingerprint density at radius 2 is 2.22 bits per heavy atom. The standard InChI is InChI=1S/C14H15ClFNS/c1-2-13(14-4-3-7-18-14)17-9-10-5-6-12(16)11(15)8-10/h3-8,13,17H,2,9H2,1H3. The van der Waals surface area contributed by atoms with E-state index >= 15 is 0 Å². The summed E-state index contributed by atoms with van der Waals surface area (Å²) in [4.78, 5) is 1.32. The van der Waals surface area contributed by atoms with E-state index in [-0.39, 0.29) is 10.8 Å². The van der Waals surface area contributed by atoms with Crippen LogP contribution in [-0.4, -0.2) is 0 Å². The lowest BCUT2D eigenvalue weighted by Gasteiger charge is -2.15. The topological polar surface area (TPSA) is 12.0 Å². The lowest BCUT2D eigenvalue weighted by atomic mass is 10.1. The average Bonchev–Trinajstić information content (AvgIpc) is 2.88. The molecule has 18 heavy (non-hydrogen) atoms. The summed E-state index contributed by atoms with van der Waals surface area (Å²) in [6.45, 7) is 2.84. The summed E-state index contributed by atoms with van der Waals surface area (Å²) in [5, 5.41) is 5.72. The Morgan fingerprint density at radius 1 is 1.39 bits per heavy atom. The Kier molecular flexibility index (Phi) is 4.75.